The number of carboxylic acids is 1. The lowest BCUT2D eigenvalue weighted by molar-refractivity contribution is -0.150. The van der Waals surface area contributed by atoms with Crippen molar-refractivity contribution in [1.82, 2.24) is 0 Å². The lowest BCUT2D eigenvalue weighted by Crippen LogP contribution is -2.31. The van der Waals surface area contributed by atoms with E-state index in [2.05, 4.69) is 0 Å². The van der Waals surface area contributed by atoms with Crippen LogP contribution in [0.3, 0.4) is 0 Å². The highest BCUT2D eigenvalue weighted by molar-refractivity contribution is 6.31. The van der Waals surface area contributed by atoms with Crippen LogP contribution < -0.4 is 4.74 Å². The lowest BCUT2D eigenvalue weighted by atomic mass is 9.79. The fourth-order valence-electron chi connectivity index (χ4n) is 2.08. The Morgan fingerprint density at radius 2 is 2.00 bits per heavy atom. The number of hydrogen-bond donors (Lipinski definition) is 1. The minimum Gasteiger partial charge on any atom is -0.494 e. The van der Waals surface area contributed by atoms with Gasteiger partial charge in [-0.2, -0.15) is 0 Å². The van der Waals surface area contributed by atoms with Gasteiger partial charge in [-0.3, -0.25) is 4.79 Å². The molecule has 0 bridgehead atoms. The maximum atomic E-state index is 11.4. The summed E-state index contributed by atoms with van der Waals surface area (Å²) in [6.45, 7) is 6.12. The van der Waals surface area contributed by atoms with Gasteiger partial charge in [-0.1, -0.05) is 25.4 Å². The van der Waals surface area contributed by atoms with Gasteiger partial charge in [0.05, 0.1) is 12.0 Å². The monoisotopic (exact) mass is 284 g/mol. The number of benzene rings is 1. The van der Waals surface area contributed by atoms with Crippen LogP contribution in [0.1, 0.15) is 38.7 Å². The molecule has 0 aliphatic heterocycles. The van der Waals surface area contributed by atoms with E-state index in [1.165, 1.54) is 0 Å². The normalized spacial score (nSPS) is 11.4. The molecule has 0 amide bonds. The Labute approximate surface area is 119 Å². The molecule has 0 radical (unpaired) electrons. The summed E-state index contributed by atoms with van der Waals surface area (Å²) in [7, 11) is 0. The summed E-state index contributed by atoms with van der Waals surface area (Å²) >= 11 is 5.94. The summed E-state index contributed by atoms with van der Waals surface area (Å²) in [5.41, 5.74) is 0.274. The SMILES string of the molecule is CCC(CC)(CCOc1ccc(Cl)c(C)c1)C(=O)O. The Morgan fingerprint density at radius 3 is 2.47 bits per heavy atom. The molecule has 0 saturated heterocycles. The predicted octanol–water partition coefficient (Wildman–Crippen LogP) is 4.31. The van der Waals surface area contributed by atoms with Crippen LogP contribution in [0.5, 0.6) is 5.75 Å². The Bertz CT molecular complexity index is 439. The van der Waals surface area contributed by atoms with Crippen LogP contribution >= 0.6 is 11.6 Å². The van der Waals surface area contributed by atoms with E-state index in [1.54, 1.807) is 12.1 Å². The molecule has 1 aromatic rings. The number of aliphatic carboxylic acids is 1. The van der Waals surface area contributed by atoms with E-state index in [0.29, 0.717) is 30.9 Å². The molecule has 0 aliphatic rings. The van der Waals surface area contributed by atoms with Crippen molar-refractivity contribution in [3.05, 3.63) is 28.8 Å². The second kappa shape index (κ2) is 6.80. The summed E-state index contributed by atoms with van der Waals surface area (Å²) < 4.78 is 5.63. The maximum absolute atomic E-state index is 11.4. The van der Waals surface area contributed by atoms with E-state index in [9.17, 15) is 9.90 Å². The molecule has 1 aromatic carbocycles. The summed E-state index contributed by atoms with van der Waals surface area (Å²) in [6.07, 6.45) is 1.74. The summed E-state index contributed by atoms with van der Waals surface area (Å²) in [5, 5.41) is 10.0. The van der Waals surface area contributed by atoms with Crippen molar-refractivity contribution in [2.24, 2.45) is 5.41 Å². The summed E-state index contributed by atoms with van der Waals surface area (Å²) in [4.78, 5) is 11.4. The van der Waals surface area contributed by atoms with Gasteiger partial charge >= 0.3 is 5.97 Å². The van der Waals surface area contributed by atoms with Crippen LogP contribution in [0, 0.1) is 12.3 Å². The molecule has 0 heterocycles. The fourth-order valence-corrected chi connectivity index (χ4v) is 2.20. The zero-order valence-corrected chi connectivity index (χ0v) is 12.5. The summed E-state index contributed by atoms with van der Waals surface area (Å²) in [5.74, 6) is -0.0122. The van der Waals surface area contributed by atoms with Gasteiger partial charge in [-0.05, 0) is 49.9 Å². The average molecular weight is 285 g/mol. The predicted molar refractivity (Wildman–Crippen MR) is 77.0 cm³/mol. The molecule has 0 aliphatic carbocycles. The van der Waals surface area contributed by atoms with Gasteiger partial charge in [-0.15, -0.1) is 0 Å². The van der Waals surface area contributed by atoms with Crippen molar-refractivity contribution < 1.29 is 14.6 Å². The lowest BCUT2D eigenvalue weighted by Gasteiger charge is -2.26. The first-order chi connectivity index (χ1) is 8.95. The number of carboxylic acid groups (broad SMARTS) is 1. The standard InChI is InChI=1S/C15H21ClO3/c1-4-15(5-2,14(17)18)8-9-19-12-6-7-13(16)11(3)10-12/h6-7,10H,4-5,8-9H2,1-3H3,(H,17,18). The number of rotatable bonds is 7. The third kappa shape index (κ3) is 3.87. The minimum absolute atomic E-state index is 0.398. The molecule has 0 unspecified atom stereocenters. The highest BCUT2D eigenvalue weighted by Gasteiger charge is 2.34. The van der Waals surface area contributed by atoms with Crippen LogP contribution in [0.4, 0.5) is 0 Å². The van der Waals surface area contributed by atoms with Crippen molar-refractivity contribution >= 4 is 17.6 Å². The average Bonchev–Trinajstić information content (AvgIpc) is 2.39. The second-order valence-corrected chi connectivity index (χ2v) is 5.21. The number of ether oxygens (including phenoxy) is 1. The molecular formula is C15H21ClO3. The fraction of sp³-hybridized carbons (Fsp3) is 0.533. The molecule has 3 nitrogen and oxygen atoms in total. The smallest absolute Gasteiger partial charge is 0.309 e. The van der Waals surface area contributed by atoms with Gasteiger partial charge in [0.2, 0.25) is 0 Å². The van der Waals surface area contributed by atoms with E-state index < -0.39 is 11.4 Å². The highest BCUT2D eigenvalue weighted by atomic mass is 35.5. The number of hydrogen-bond acceptors (Lipinski definition) is 2. The first-order valence-electron chi connectivity index (χ1n) is 6.57. The highest BCUT2D eigenvalue weighted by Crippen LogP contribution is 2.31. The first-order valence-corrected chi connectivity index (χ1v) is 6.95. The minimum atomic E-state index is -0.742. The third-order valence-electron chi connectivity index (χ3n) is 3.79. The van der Waals surface area contributed by atoms with Crippen LogP contribution in [0.25, 0.3) is 0 Å². The number of aryl methyl sites for hydroxylation is 1. The molecule has 0 spiro atoms. The van der Waals surface area contributed by atoms with Crippen LogP contribution in [0.2, 0.25) is 5.02 Å². The number of carbonyl (C=O) groups is 1. The zero-order chi connectivity index (χ0) is 14.5. The topological polar surface area (TPSA) is 46.5 Å². The summed E-state index contributed by atoms with van der Waals surface area (Å²) in [6, 6.07) is 5.45. The third-order valence-corrected chi connectivity index (χ3v) is 4.21. The Morgan fingerprint density at radius 1 is 1.37 bits per heavy atom. The number of halogens is 1. The van der Waals surface area contributed by atoms with E-state index in [0.717, 1.165) is 11.3 Å². The van der Waals surface area contributed by atoms with Gasteiger partial charge in [0.15, 0.2) is 0 Å². The molecule has 4 heteroatoms. The van der Waals surface area contributed by atoms with Crippen molar-refractivity contribution in [1.29, 1.82) is 0 Å². The van der Waals surface area contributed by atoms with Crippen molar-refractivity contribution in [2.45, 2.75) is 40.0 Å². The molecule has 1 rings (SSSR count). The van der Waals surface area contributed by atoms with Gasteiger partial charge in [0.25, 0.3) is 0 Å². The Balaban J connectivity index is 2.61. The van der Waals surface area contributed by atoms with Crippen LogP contribution in [-0.4, -0.2) is 17.7 Å². The molecule has 106 valence electrons. The quantitative estimate of drug-likeness (QED) is 0.811. The van der Waals surface area contributed by atoms with Crippen molar-refractivity contribution in [2.75, 3.05) is 6.61 Å². The molecule has 19 heavy (non-hydrogen) atoms. The van der Waals surface area contributed by atoms with Crippen LogP contribution in [-0.2, 0) is 4.79 Å². The van der Waals surface area contributed by atoms with Crippen LogP contribution in [0.15, 0.2) is 18.2 Å². The zero-order valence-electron chi connectivity index (χ0n) is 11.7. The van der Waals surface area contributed by atoms with Gasteiger partial charge < -0.3 is 9.84 Å². The van der Waals surface area contributed by atoms with E-state index in [-0.39, 0.29) is 0 Å². The van der Waals surface area contributed by atoms with Crippen molar-refractivity contribution in [3.8, 4) is 5.75 Å². The van der Waals surface area contributed by atoms with E-state index in [4.69, 9.17) is 16.3 Å². The molecule has 0 aromatic heterocycles. The van der Waals surface area contributed by atoms with Gasteiger partial charge in [0.1, 0.15) is 5.75 Å². The molecule has 1 N–H and O–H groups in total. The van der Waals surface area contributed by atoms with E-state index in [1.807, 2.05) is 26.8 Å². The molecule has 0 fully saturated rings. The first kappa shape index (κ1) is 15.8. The Hall–Kier alpha value is -1.22. The van der Waals surface area contributed by atoms with Crippen molar-refractivity contribution in [3.63, 3.8) is 0 Å². The van der Waals surface area contributed by atoms with E-state index >= 15 is 0 Å². The Kier molecular flexibility index (Phi) is 5.67. The largest absolute Gasteiger partial charge is 0.494 e. The van der Waals surface area contributed by atoms with Gasteiger partial charge in [-0.25, -0.2) is 0 Å². The maximum Gasteiger partial charge on any atom is 0.309 e. The molecular weight excluding hydrogens is 264 g/mol. The molecule has 0 atom stereocenters. The molecule has 0 saturated carbocycles. The second-order valence-electron chi connectivity index (χ2n) is 4.80. The van der Waals surface area contributed by atoms with Gasteiger partial charge in [0, 0.05) is 5.02 Å².